The van der Waals surface area contributed by atoms with Gasteiger partial charge in [0.2, 0.25) is 0 Å². The Bertz CT molecular complexity index is 986. The van der Waals surface area contributed by atoms with E-state index in [0.717, 1.165) is 0 Å². The van der Waals surface area contributed by atoms with E-state index in [1.807, 2.05) is 0 Å². The molecule has 6 N–H and O–H groups in total. The Labute approximate surface area is 134 Å². The highest BCUT2D eigenvalue weighted by molar-refractivity contribution is 6.30. The molecule has 0 spiro atoms. The second-order valence-corrected chi connectivity index (χ2v) is 5.57. The summed E-state index contributed by atoms with van der Waals surface area (Å²) in [7, 11) is 0. The lowest BCUT2D eigenvalue weighted by Crippen LogP contribution is -1.86. The van der Waals surface area contributed by atoms with Gasteiger partial charge in [0.25, 0.3) is 0 Å². The summed E-state index contributed by atoms with van der Waals surface area (Å²) in [6.45, 7) is 0. The number of rotatable bonds is 0. The lowest BCUT2D eigenvalue weighted by atomic mass is 9.92. The summed E-state index contributed by atoms with van der Waals surface area (Å²) < 4.78 is 0. The summed E-state index contributed by atoms with van der Waals surface area (Å²) >= 11 is 0. The first-order valence-electron chi connectivity index (χ1n) is 7.07. The van der Waals surface area contributed by atoms with E-state index >= 15 is 0 Å². The number of phenolic OH excluding ortho intramolecular Hbond substituents is 6. The third-order valence-electron chi connectivity index (χ3n) is 4.28. The number of fused-ring (bicyclic) bond motifs is 6. The Morgan fingerprint density at radius 1 is 0.375 bits per heavy atom. The third-order valence-corrected chi connectivity index (χ3v) is 4.28. The summed E-state index contributed by atoms with van der Waals surface area (Å²) in [5.74, 6) is -2.37. The SMILES string of the molecule is Oc1ccc2c(c1O)c1ccc(O)c(O)c1c1ccc(O)c(O)c21. The van der Waals surface area contributed by atoms with Crippen LogP contribution in [0.3, 0.4) is 0 Å². The smallest absolute Gasteiger partial charge is 0.166 e. The fourth-order valence-electron chi connectivity index (χ4n) is 3.18. The molecule has 6 nitrogen and oxygen atoms in total. The molecule has 0 aliphatic rings. The minimum absolute atomic E-state index is 0.189. The normalized spacial score (nSPS) is 11.5. The van der Waals surface area contributed by atoms with Crippen molar-refractivity contribution in [2.24, 2.45) is 0 Å². The third kappa shape index (κ3) is 1.59. The molecule has 0 unspecified atom stereocenters. The molecule has 0 heterocycles. The van der Waals surface area contributed by atoms with E-state index in [4.69, 9.17) is 0 Å². The largest absolute Gasteiger partial charge is 0.504 e. The van der Waals surface area contributed by atoms with Gasteiger partial charge in [-0.1, -0.05) is 0 Å². The molecule has 24 heavy (non-hydrogen) atoms. The van der Waals surface area contributed by atoms with Crippen molar-refractivity contribution in [3.05, 3.63) is 36.4 Å². The zero-order chi connectivity index (χ0) is 17.2. The quantitative estimate of drug-likeness (QED) is 0.218. The van der Waals surface area contributed by atoms with Crippen LogP contribution in [0.2, 0.25) is 0 Å². The minimum Gasteiger partial charge on any atom is -0.504 e. The Balaban J connectivity index is 2.50. The molecule has 4 aromatic rings. The number of benzene rings is 4. The van der Waals surface area contributed by atoms with E-state index in [-0.39, 0.29) is 33.4 Å². The lowest BCUT2D eigenvalue weighted by molar-refractivity contribution is 0.406. The van der Waals surface area contributed by atoms with Gasteiger partial charge in [-0.25, -0.2) is 0 Å². The predicted octanol–water partition coefficient (Wildman–Crippen LogP) is 3.38. The molecule has 0 saturated heterocycles. The van der Waals surface area contributed by atoms with Crippen LogP contribution in [0.5, 0.6) is 34.5 Å². The Hall–Kier alpha value is -3.54. The maximum Gasteiger partial charge on any atom is 0.166 e. The molecule has 4 rings (SSSR count). The van der Waals surface area contributed by atoms with Crippen molar-refractivity contribution in [1.29, 1.82) is 0 Å². The van der Waals surface area contributed by atoms with Crippen molar-refractivity contribution in [2.45, 2.75) is 0 Å². The minimum atomic E-state index is -0.424. The first kappa shape index (κ1) is 14.1. The fourth-order valence-corrected chi connectivity index (χ4v) is 3.18. The van der Waals surface area contributed by atoms with Crippen LogP contribution in [-0.2, 0) is 0 Å². The number of hydrogen-bond acceptors (Lipinski definition) is 6. The van der Waals surface area contributed by atoms with Crippen LogP contribution in [0.25, 0.3) is 32.3 Å². The van der Waals surface area contributed by atoms with Gasteiger partial charge >= 0.3 is 0 Å². The molecule has 0 amide bonds. The van der Waals surface area contributed by atoms with E-state index < -0.39 is 17.2 Å². The van der Waals surface area contributed by atoms with Gasteiger partial charge in [0.05, 0.1) is 0 Å². The number of phenols is 6. The Morgan fingerprint density at radius 2 is 0.625 bits per heavy atom. The van der Waals surface area contributed by atoms with Gasteiger partial charge in [-0.3, -0.25) is 0 Å². The van der Waals surface area contributed by atoms with Gasteiger partial charge < -0.3 is 30.6 Å². The summed E-state index contributed by atoms with van der Waals surface area (Å²) in [5, 5.41) is 62.1. The molecule has 0 atom stereocenters. The van der Waals surface area contributed by atoms with Crippen LogP contribution in [0, 0.1) is 0 Å². The first-order valence-corrected chi connectivity index (χ1v) is 7.07. The molecule has 0 saturated carbocycles. The van der Waals surface area contributed by atoms with Crippen molar-refractivity contribution >= 4 is 32.3 Å². The van der Waals surface area contributed by atoms with Gasteiger partial charge in [-0.15, -0.1) is 0 Å². The van der Waals surface area contributed by atoms with Crippen LogP contribution in [0.4, 0.5) is 0 Å². The average Bonchev–Trinajstić information content (AvgIpc) is 2.56. The van der Waals surface area contributed by atoms with Crippen LogP contribution in [0.1, 0.15) is 0 Å². The van der Waals surface area contributed by atoms with Crippen molar-refractivity contribution in [2.75, 3.05) is 0 Å². The van der Waals surface area contributed by atoms with Crippen molar-refractivity contribution < 1.29 is 30.6 Å². The van der Waals surface area contributed by atoms with Crippen LogP contribution < -0.4 is 0 Å². The maximum atomic E-state index is 10.3. The Morgan fingerprint density at radius 3 is 0.875 bits per heavy atom. The predicted molar refractivity (Wildman–Crippen MR) is 88.9 cm³/mol. The van der Waals surface area contributed by atoms with Gasteiger partial charge in [-0.2, -0.15) is 0 Å². The molecular formula is C18H12O6. The fraction of sp³-hybridized carbons (Fsp3) is 0. The van der Waals surface area contributed by atoms with Crippen molar-refractivity contribution in [1.82, 2.24) is 0 Å². The van der Waals surface area contributed by atoms with Gasteiger partial charge in [0, 0.05) is 16.2 Å². The van der Waals surface area contributed by atoms with E-state index in [1.54, 1.807) is 0 Å². The van der Waals surface area contributed by atoms with Gasteiger partial charge in [0.15, 0.2) is 34.5 Å². The van der Waals surface area contributed by atoms with Crippen LogP contribution >= 0.6 is 0 Å². The summed E-state index contributed by atoms with van der Waals surface area (Å²) in [4.78, 5) is 0. The van der Waals surface area contributed by atoms with E-state index in [0.29, 0.717) is 16.2 Å². The molecule has 0 aromatic heterocycles. The molecule has 0 bridgehead atoms. The maximum absolute atomic E-state index is 10.3. The summed E-state index contributed by atoms with van der Waals surface area (Å²) in [6.07, 6.45) is 0. The van der Waals surface area contributed by atoms with Crippen molar-refractivity contribution in [3.63, 3.8) is 0 Å². The van der Waals surface area contributed by atoms with Gasteiger partial charge in [-0.05, 0) is 52.6 Å². The lowest BCUT2D eigenvalue weighted by Gasteiger charge is -2.15. The second-order valence-electron chi connectivity index (χ2n) is 5.57. The molecule has 120 valence electrons. The second kappa shape index (κ2) is 4.48. The zero-order valence-electron chi connectivity index (χ0n) is 12.1. The number of hydrogen-bond donors (Lipinski definition) is 6. The average molecular weight is 324 g/mol. The molecule has 0 aliphatic carbocycles. The molecular weight excluding hydrogens is 312 g/mol. The highest BCUT2D eigenvalue weighted by Crippen LogP contribution is 2.50. The van der Waals surface area contributed by atoms with E-state index in [1.165, 1.54) is 36.4 Å². The highest BCUT2D eigenvalue weighted by Gasteiger charge is 2.20. The van der Waals surface area contributed by atoms with Gasteiger partial charge in [0.1, 0.15) is 0 Å². The van der Waals surface area contributed by atoms with Crippen molar-refractivity contribution in [3.8, 4) is 34.5 Å². The van der Waals surface area contributed by atoms with E-state index in [9.17, 15) is 30.6 Å². The Kier molecular flexibility index (Phi) is 2.63. The van der Waals surface area contributed by atoms with E-state index in [2.05, 4.69) is 0 Å². The summed E-state index contributed by atoms with van der Waals surface area (Å²) in [5.41, 5.74) is 0. The zero-order valence-corrected chi connectivity index (χ0v) is 12.1. The topological polar surface area (TPSA) is 121 Å². The molecule has 4 aromatic carbocycles. The molecule has 0 fully saturated rings. The molecule has 0 radical (unpaired) electrons. The summed E-state index contributed by atoms with van der Waals surface area (Å²) in [6, 6.07) is 8.30. The highest BCUT2D eigenvalue weighted by atomic mass is 16.3. The molecule has 0 aliphatic heterocycles. The standard InChI is InChI=1S/C18H12O6/c19-10-4-1-7-13(16(10)22)8-3-6-12(21)18(24)15(8)9-2-5-11(20)17(23)14(7)9/h1-6,19-24H. The first-order chi connectivity index (χ1) is 11.4. The molecule has 6 heteroatoms. The van der Waals surface area contributed by atoms with Crippen LogP contribution in [-0.4, -0.2) is 30.6 Å². The number of aromatic hydroxyl groups is 6. The monoisotopic (exact) mass is 324 g/mol. The van der Waals surface area contributed by atoms with Crippen LogP contribution in [0.15, 0.2) is 36.4 Å².